The molecule has 1 aromatic heterocycles. The van der Waals surface area contributed by atoms with E-state index in [2.05, 4.69) is 5.32 Å². The number of rotatable bonds is 7. The van der Waals surface area contributed by atoms with Crippen molar-refractivity contribution in [3.63, 3.8) is 0 Å². The number of aromatic nitrogens is 1. The summed E-state index contributed by atoms with van der Waals surface area (Å²) in [7, 11) is 1.69. The SMILES string of the molecule is Cc1cc2ccn(CC(=O)N[C@@H](Cc3ccccc3)C(=O)N(C)c3ccccc3)c(=O)c2cc1C. The second kappa shape index (κ2) is 10.4. The Morgan fingerprint density at radius 2 is 1.54 bits per heavy atom. The van der Waals surface area contributed by atoms with Gasteiger partial charge < -0.3 is 14.8 Å². The maximum Gasteiger partial charge on any atom is 0.258 e. The third-order valence-corrected chi connectivity index (χ3v) is 6.30. The molecule has 0 unspecified atom stereocenters. The molecule has 0 spiro atoms. The first kappa shape index (κ1) is 24.0. The highest BCUT2D eigenvalue weighted by molar-refractivity contribution is 5.99. The topological polar surface area (TPSA) is 71.4 Å². The average molecular weight is 468 g/mol. The molecule has 178 valence electrons. The summed E-state index contributed by atoms with van der Waals surface area (Å²) in [5, 5.41) is 4.29. The number of amides is 2. The lowest BCUT2D eigenvalue weighted by Gasteiger charge is -2.25. The number of nitrogens with zero attached hydrogens (tertiary/aromatic N) is 2. The molecule has 4 rings (SSSR count). The van der Waals surface area contributed by atoms with E-state index in [9.17, 15) is 14.4 Å². The summed E-state index contributed by atoms with van der Waals surface area (Å²) in [5.74, 6) is -0.628. The number of likely N-dealkylation sites (N-methyl/N-ethyl adjacent to an activating group) is 1. The first-order valence-electron chi connectivity index (χ1n) is 11.6. The molecule has 0 bridgehead atoms. The van der Waals surface area contributed by atoms with Crippen LogP contribution < -0.4 is 15.8 Å². The Balaban J connectivity index is 1.57. The van der Waals surface area contributed by atoms with Gasteiger partial charge in [0.15, 0.2) is 0 Å². The van der Waals surface area contributed by atoms with Crippen LogP contribution in [0, 0.1) is 13.8 Å². The molecule has 35 heavy (non-hydrogen) atoms. The number of carbonyl (C=O) groups excluding carboxylic acids is 2. The lowest BCUT2D eigenvalue weighted by Crippen LogP contribution is -2.50. The van der Waals surface area contributed by atoms with Gasteiger partial charge >= 0.3 is 0 Å². The maximum atomic E-state index is 13.4. The first-order chi connectivity index (χ1) is 16.8. The van der Waals surface area contributed by atoms with Crippen LogP contribution in [0.5, 0.6) is 0 Å². The summed E-state index contributed by atoms with van der Waals surface area (Å²) in [4.78, 5) is 41.0. The number of nitrogens with one attached hydrogen (secondary N) is 1. The van der Waals surface area contributed by atoms with E-state index in [1.165, 1.54) is 4.57 Å². The molecule has 0 fully saturated rings. The Morgan fingerprint density at radius 3 is 2.23 bits per heavy atom. The molecule has 0 aliphatic rings. The third-order valence-electron chi connectivity index (χ3n) is 6.30. The predicted octanol–water partition coefficient (Wildman–Crippen LogP) is 4.01. The van der Waals surface area contributed by atoms with Crippen molar-refractivity contribution >= 4 is 28.3 Å². The molecule has 2 amide bonds. The van der Waals surface area contributed by atoms with Crippen LogP contribution in [0.2, 0.25) is 0 Å². The highest BCUT2D eigenvalue weighted by Crippen LogP contribution is 2.17. The van der Waals surface area contributed by atoms with E-state index >= 15 is 0 Å². The van der Waals surface area contributed by atoms with E-state index in [1.54, 1.807) is 18.1 Å². The zero-order valence-corrected chi connectivity index (χ0v) is 20.2. The number of benzene rings is 3. The summed E-state index contributed by atoms with van der Waals surface area (Å²) >= 11 is 0. The monoisotopic (exact) mass is 467 g/mol. The van der Waals surface area contributed by atoms with Gasteiger partial charge in [-0.3, -0.25) is 14.4 Å². The normalized spacial score (nSPS) is 11.7. The summed E-state index contributed by atoms with van der Waals surface area (Å²) in [6.45, 7) is 3.79. The number of anilines is 1. The molecular formula is C29H29N3O3. The molecule has 3 aromatic carbocycles. The summed E-state index contributed by atoms with van der Waals surface area (Å²) in [6, 6.07) is 23.7. The fraction of sp³-hybridized carbons (Fsp3) is 0.207. The van der Waals surface area contributed by atoms with E-state index in [0.29, 0.717) is 11.8 Å². The van der Waals surface area contributed by atoms with E-state index in [4.69, 9.17) is 0 Å². The smallest absolute Gasteiger partial charge is 0.258 e. The van der Waals surface area contributed by atoms with Crippen LogP contribution in [0.3, 0.4) is 0 Å². The van der Waals surface area contributed by atoms with Crippen LogP contribution in [0.1, 0.15) is 16.7 Å². The van der Waals surface area contributed by atoms with Crippen molar-refractivity contribution in [1.29, 1.82) is 0 Å². The number of carbonyl (C=O) groups is 2. The van der Waals surface area contributed by atoms with Crippen LogP contribution in [-0.4, -0.2) is 29.5 Å². The zero-order valence-electron chi connectivity index (χ0n) is 20.2. The molecule has 1 heterocycles. The van der Waals surface area contributed by atoms with Crippen molar-refractivity contribution in [2.45, 2.75) is 32.9 Å². The lowest BCUT2D eigenvalue weighted by molar-refractivity contribution is -0.127. The van der Waals surface area contributed by atoms with E-state index in [1.807, 2.05) is 92.7 Å². The van der Waals surface area contributed by atoms with Crippen LogP contribution >= 0.6 is 0 Å². The number of hydrogen-bond donors (Lipinski definition) is 1. The number of fused-ring (bicyclic) bond motifs is 1. The van der Waals surface area contributed by atoms with Crippen molar-refractivity contribution in [2.75, 3.05) is 11.9 Å². The van der Waals surface area contributed by atoms with Gasteiger partial charge in [0.05, 0.1) is 0 Å². The van der Waals surface area contributed by atoms with Crippen molar-refractivity contribution < 1.29 is 9.59 Å². The molecule has 6 heteroatoms. The van der Waals surface area contributed by atoms with Crippen LogP contribution in [0.15, 0.2) is 89.9 Å². The van der Waals surface area contributed by atoms with Crippen LogP contribution in [0.25, 0.3) is 10.8 Å². The number of para-hydroxylation sites is 1. The van der Waals surface area contributed by atoms with Crippen LogP contribution in [0.4, 0.5) is 5.69 Å². The summed E-state index contributed by atoms with van der Waals surface area (Å²) < 4.78 is 1.39. The Kier molecular flexibility index (Phi) is 7.11. The molecule has 1 atom stereocenters. The van der Waals surface area contributed by atoms with E-state index in [0.717, 1.165) is 27.8 Å². The Labute approximate surface area is 204 Å². The van der Waals surface area contributed by atoms with Gasteiger partial charge in [-0.15, -0.1) is 0 Å². The fourth-order valence-corrected chi connectivity index (χ4v) is 4.14. The Morgan fingerprint density at radius 1 is 0.914 bits per heavy atom. The van der Waals surface area contributed by atoms with Gasteiger partial charge in [-0.1, -0.05) is 54.6 Å². The van der Waals surface area contributed by atoms with Gasteiger partial charge in [0.25, 0.3) is 5.56 Å². The summed E-state index contributed by atoms with van der Waals surface area (Å²) in [6.07, 6.45) is 1.97. The Hall–Kier alpha value is -4.19. The minimum Gasteiger partial charge on any atom is -0.342 e. The Bertz CT molecular complexity index is 1410. The highest BCUT2D eigenvalue weighted by Gasteiger charge is 2.25. The molecule has 4 aromatic rings. The van der Waals surface area contributed by atoms with Gasteiger partial charge in [-0.05, 0) is 60.2 Å². The quantitative estimate of drug-likeness (QED) is 0.447. The number of pyridine rings is 1. The number of hydrogen-bond acceptors (Lipinski definition) is 3. The van der Waals surface area contributed by atoms with Crippen molar-refractivity contribution in [1.82, 2.24) is 9.88 Å². The van der Waals surface area contributed by atoms with E-state index in [-0.39, 0.29) is 18.0 Å². The molecule has 0 saturated carbocycles. The first-order valence-corrected chi connectivity index (χ1v) is 11.6. The second-order valence-electron chi connectivity index (χ2n) is 8.82. The minimum absolute atomic E-state index is 0.171. The second-order valence-corrected chi connectivity index (χ2v) is 8.82. The van der Waals surface area contributed by atoms with Gasteiger partial charge in [0.2, 0.25) is 11.8 Å². The van der Waals surface area contributed by atoms with Gasteiger partial charge in [0.1, 0.15) is 12.6 Å². The standard InChI is InChI=1S/C29H29N3O3/c1-20-16-23-14-15-32(28(34)25(23)17-21(20)2)19-27(33)30-26(18-22-10-6-4-7-11-22)29(35)31(3)24-12-8-5-9-13-24/h4-17,26H,18-19H2,1-3H3,(H,30,33)/t26-/m0/s1. The molecule has 1 N–H and O–H groups in total. The van der Waals surface area contributed by atoms with Gasteiger partial charge in [-0.2, -0.15) is 0 Å². The largest absolute Gasteiger partial charge is 0.342 e. The van der Waals surface area contributed by atoms with Crippen molar-refractivity contribution in [3.8, 4) is 0 Å². The third kappa shape index (κ3) is 5.49. The maximum absolute atomic E-state index is 13.4. The van der Waals surface area contributed by atoms with Crippen molar-refractivity contribution in [2.24, 2.45) is 0 Å². The molecule has 0 saturated heterocycles. The fourth-order valence-electron chi connectivity index (χ4n) is 4.14. The minimum atomic E-state index is -0.781. The summed E-state index contributed by atoms with van der Waals surface area (Å²) in [5.41, 5.74) is 3.57. The highest BCUT2D eigenvalue weighted by atomic mass is 16.2. The molecular weight excluding hydrogens is 438 g/mol. The average Bonchev–Trinajstić information content (AvgIpc) is 2.87. The van der Waals surface area contributed by atoms with Crippen molar-refractivity contribution in [3.05, 3.63) is 112 Å². The van der Waals surface area contributed by atoms with Gasteiger partial charge in [0, 0.05) is 30.7 Å². The number of aryl methyl sites for hydroxylation is 2. The zero-order chi connectivity index (χ0) is 24.9. The molecule has 0 radical (unpaired) electrons. The molecule has 0 aliphatic heterocycles. The van der Waals surface area contributed by atoms with Crippen LogP contribution in [-0.2, 0) is 22.6 Å². The van der Waals surface area contributed by atoms with E-state index < -0.39 is 11.9 Å². The molecule has 6 nitrogen and oxygen atoms in total. The lowest BCUT2D eigenvalue weighted by atomic mass is 10.0. The van der Waals surface area contributed by atoms with Gasteiger partial charge in [-0.25, -0.2) is 0 Å². The molecule has 0 aliphatic carbocycles. The predicted molar refractivity (Wildman–Crippen MR) is 140 cm³/mol.